The summed E-state index contributed by atoms with van der Waals surface area (Å²) in [7, 11) is -3.57. The third-order valence-corrected chi connectivity index (χ3v) is 7.74. The Kier molecular flexibility index (Phi) is 7.40. The molecule has 1 aliphatic heterocycles. The molecule has 0 aliphatic carbocycles. The molecule has 2 heterocycles. The molecule has 1 atom stereocenters. The molecule has 0 saturated carbocycles. The van der Waals surface area contributed by atoms with Crippen molar-refractivity contribution < 1.29 is 18.0 Å². The Morgan fingerprint density at radius 3 is 2.52 bits per heavy atom. The van der Waals surface area contributed by atoms with Crippen molar-refractivity contribution in [3.63, 3.8) is 0 Å². The molecule has 3 rings (SSSR count). The van der Waals surface area contributed by atoms with Crippen LogP contribution in [0.25, 0.3) is 0 Å². The normalized spacial score (nSPS) is 17.6. The summed E-state index contributed by atoms with van der Waals surface area (Å²) in [6, 6.07) is 12.0. The second-order valence-corrected chi connectivity index (χ2v) is 9.81. The van der Waals surface area contributed by atoms with Crippen LogP contribution in [0.4, 0.5) is 0 Å². The van der Waals surface area contributed by atoms with Crippen LogP contribution in [0.5, 0.6) is 0 Å². The first-order valence-corrected chi connectivity index (χ1v) is 12.0. The molecule has 156 valence electrons. The van der Waals surface area contributed by atoms with E-state index in [1.54, 1.807) is 30.3 Å². The van der Waals surface area contributed by atoms with Gasteiger partial charge in [-0.15, -0.1) is 11.3 Å². The summed E-state index contributed by atoms with van der Waals surface area (Å²) >= 11 is 1.51. The lowest BCUT2D eigenvalue weighted by molar-refractivity contribution is -0.139. The van der Waals surface area contributed by atoms with Gasteiger partial charge in [-0.3, -0.25) is 9.59 Å². The van der Waals surface area contributed by atoms with E-state index in [0.29, 0.717) is 19.5 Å². The van der Waals surface area contributed by atoms with E-state index in [-0.39, 0.29) is 17.5 Å². The van der Waals surface area contributed by atoms with E-state index in [9.17, 15) is 18.0 Å². The molecule has 7 nitrogen and oxygen atoms in total. The third kappa shape index (κ3) is 5.65. The summed E-state index contributed by atoms with van der Waals surface area (Å²) in [4.78, 5) is 25.1. The number of nitrogens with one attached hydrogen (secondary N) is 2. The number of amides is 2. The van der Waals surface area contributed by atoms with Crippen LogP contribution in [-0.4, -0.2) is 43.7 Å². The van der Waals surface area contributed by atoms with Gasteiger partial charge >= 0.3 is 11.8 Å². The minimum absolute atomic E-state index is 0.191. The summed E-state index contributed by atoms with van der Waals surface area (Å²) in [6.45, 7) is 1.03. The molecule has 1 aromatic heterocycles. The number of sulfonamides is 1. The van der Waals surface area contributed by atoms with Crippen molar-refractivity contribution >= 4 is 33.2 Å². The lowest BCUT2D eigenvalue weighted by Gasteiger charge is -2.34. The van der Waals surface area contributed by atoms with Gasteiger partial charge in [-0.05, 0) is 42.8 Å². The number of carbonyl (C=O) groups is 2. The average molecular weight is 436 g/mol. The van der Waals surface area contributed by atoms with Gasteiger partial charge in [0.25, 0.3) is 0 Å². The fourth-order valence-corrected chi connectivity index (χ4v) is 5.79. The highest BCUT2D eigenvalue weighted by Crippen LogP contribution is 2.26. The number of thiophene rings is 1. The number of rotatable bonds is 7. The maximum atomic E-state index is 13.0. The summed E-state index contributed by atoms with van der Waals surface area (Å²) < 4.78 is 27.5. The molecule has 29 heavy (non-hydrogen) atoms. The first-order chi connectivity index (χ1) is 14.0. The lowest BCUT2D eigenvalue weighted by atomic mass is 10.0. The maximum Gasteiger partial charge on any atom is 0.309 e. The lowest BCUT2D eigenvalue weighted by Crippen LogP contribution is -2.46. The Balaban J connectivity index is 1.51. The molecule has 2 N–H and O–H groups in total. The number of benzene rings is 1. The standard InChI is InChI=1S/C20H25N3O4S2/c24-19(20(25)22-15-17-8-6-14-28-17)21-12-11-16-7-4-5-13-23(16)29(26,27)18-9-2-1-3-10-18/h1-3,6,8-10,14,16H,4-5,7,11-13,15H2,(H,21,24)(H,22,25). The quantitative estimate of drug-likeness (QED) is 0.651. The number of hydrogen-bond acceptors (Lipinski definition) is 5. The molecule has 0 bridgehead atoms. The van der Waals surface area contributed by atoms with Crippen LogP contribution in [-0.2, 0) is 26.2 Å². The van der Waals surface area contributed by atoms with Crippen molar-refractivity contribution in [2.24, 2.45) is 0 Å². The van der Waals surface area contributed by atoms with Crippen LogP contribution in [0.3, 0.4) is 0 Å². The van der Waals surface area contributed by atoms with E-state index in [1.807, 2.05) is 17.5 Å². The average Bonchev–Trinajstić information content (AvgIpc) is 3.26. The zero-order valence-corrected chi connectivity index (χ0v) is 17.7. The second-order valence-electron chi connectivity index (χ2n) is 6.89. The highest BCUT2D eigenvalue weighted by Gasteiger charge is 2.33. The van der Waals surface area contributed by atoms with E-state index in [2.05, 4.69) is 10.6 Å². The van der Waals surface area contributed by atoms with Crippen LogP contribution in [0, 0.1) is 0 Å². The SMILES string of the molecule is O=C(NCCC1CCCCN1S(=O)(=O)c1ccccc1)C(=O)NCc1cccs1. The molecule has 9 heteroatoms. The van der Waals surface area contributed by atoms with Crippen molar-refractivity contribution in [3.8, 4) is 0 Å². The Morgan fingerprint density at radius 1 is 1.03 bits per heavy atom. The Hall–Kier alpha value is -2.23. The number of piperidine rings is 1. The zero-order chi connectivity index (χ0) is 20.7. The molecular formula is C20H25N3O4S2. The molecule has 1 fully saturated rings. The topological polar surface area (TPSA) is 95.6 Å². The summed E-state index contributed by atoms with van der Waals surface area (Å²) in [5.74, 6) is -1.38. The van der Waals surface area contributed by atoms with Crippen molar-refractivity contribution in [2.75, 3.05) is 13.1 Å². The molecule has 0 spiro atoms. The van der Waals surface area contributed by atoms with E-state index in [0.717, 1.165) is 24.1 Å². The van der Waals surface area contributed by atoms with Gasteiger partial charge in [0.05, 0.1) is 11.4 Å². The van der Waals surface area contributed by atoms with Gasteiger partial charge in [0.1, 0.15) is 0 Å². The summed E-state index contributed by atoms with van der Waals surface area (Å²) in [5.41, 5.74) is 0. The Labute approximate surface area is 175 Å². The molecule has 1 aromatic carbocycles. The first-order valence-electron chi connectivity index (χ1n) is 9.64. The van der Waals surface area contributed by atoms with Crippen LogP contribution in [0.15, 0.2) is 52.7 Å². The van der Waals surface area contributed by atoms with Crippen molar-refractivity contribution in [3.05, 3.63) is 52.7 Å². The molecule has 1 aliphatic rings. The van der Waals surface area contributed by atoms with Crippen LogP contribution < -0.4 is 10.6 Å². The fourth-order valence-electron chi connectivity index (χ4n) is 3.40. The van der Waals surface area contributed by atoms with Crippen LogP contribution in [0.1, 0.15) is 30.6 Å². The predicted molar refractivity (Wildman–Crippen MR) is 112 cm³/mol. The molecule has 0 radical (unpaired) electrons. The van der Waals surface area contributed by atoms with E-state index in [4.69, 9.17) is 0 Å². The molecular weight excluding hydrogens is 410 g/mol. The van der Waals surface area contributed by atoms with Gasteiger partial charge < -0.3 is 10.6 Å². The van der Waals surface area contributed by atoms with Gasteiger partial charge in [-0.1, -0.05) is 30.7 Å². The minimum atomic E-state index is -3.57. The van der Waals surface area contributed by atoms with Gasteiger partial charge in [0.2, 0.25) is 10.0 Å². The van der Waals surface area contributed by atoms with Crippen molar-refractivity contribution in [1.82, 2.24) is 14.9 Å². The first kappa shape index (κ1) is 21.5. The molecule has 1 unspecified atom stereocenters. The van der Waals surface area contributed by atoms with Crippen LogP contribution in [0.2, 0.25) is 0 Å². The number of hydrogen-bond donors (Lipinski definition) is 2. The number of nitrogens with zero attached hydrogens (tertiary/aromatic N) is 1. The van der Waals surface area contributed by atoms with Crippen molar-refractivity contribution in [2.45, 2.75) is 43.2 Å². The highest BCUT2D eigenvalue weighted by molar-refractivity contribution is 7.89. The largest absolute Gasteiger partial charge is 0.348 e. The van der Waals surface area contributed by atoms with E-state index < -0.39 is 21.8 Å². The van der Waals surface area contributed by atoms with E-state index in [1.165, 1.54) is 15.6 Å². The van der Waals surface area contributed by atoms with Gasteiger partial charge in [0.15, 0.2) is 0 Å². The molecule has 1 saturated heterocycles. The summed E-state index contributed by atoms with van der Waals surface area (Å²) in [6.07, 6.45) is 2.98. The Morgan fingerprint density at radius 2 is 1.79 bits per heavy atom. The Bertz CT molecular complexity index is 914. The van der Waals surface area contributed by atoms with Gasteiger partial charge in [-0.2, -0.15) is 4.31 Å². The van der Waals surface area contributed by atoms with Crippen LogP contribution >= 0.6 is 11.3 Å². The maximum absolute atomic E-state index is 13.0. The number of carbonyl (C=O) groups excluding carboxylic acids is 2. The van der Waals surface area contributed by atoms with Gasteiger partial charge in [0, 0.05) is 24.0 Å². The minimum Gasteiger partial charge on any atom is -0.348 e. The molecule has 2 amide bonds. The van der Waals surface area contributed by atoms with E-state index >= 15 is 0 Å². The smallest absolute Gasteiger partial charge is 0.309 e. The fraction of sp³-hybridized carbons (Fsp3) is 0.400. The monoisotopic (exact) mass is 435 g/mol. The molecule has 2 aromatic rings. The van der Waals surface area contributed by atoms with Gasteiger partial charge in [-0.25, -0.2) is 8.42 Å². The second kappa shape index (κ2) is 10.00. The third-order valence-electron chi connectivity index (χ3n) is 4.90. The van der Waals surface area contributed by atoms with Crippen molar-refractivity contribution in [1.29, 1.82) is 0 Å². The summed E-state index contributed by atoms with van der Waals surface area (Å²) in [5, 5.41) is 7.09. The highest BCUT2D eigenvalue weighted by atomic mass is 32.2. The predicted octanol–water partition coefficient (Wildman–Crippen LogP) is 2.11. The zero-order valence-electron chi connectivity index (χ0n) is 16.0.